The van der Waals surface area contributed by atoms with Gasteiger partial charge in [-0.15, -0.1) is 11.3 Å². The Bertz CT molecular complexity index is 2070. The number of aromatic nitrogens is 4. The van der Waals surface area contributed by atoms with Gasteiger partial charge in [0.2, 0.25) is 5.95 Å². The van der Waals surface area contributed by atoms with E-state index < -0.39 is 5.91 Å². The Morgan fingerprint density at radius 1 is 0.956 bits per heavy atom. The van der Waals surface area contributed by atoms with Crippen LogP contribution < -0.4 is 20.1 Å². The van der Waals surface area contributed by atoms with Crippen LogP contribution in [0.1, 0.15) is 37.0 Å². The lowest BCUT2D eigenvalue weighted by Gasteiger charge is -2.26. The molecule has 226 valence electrons. The first kappa shape index (κ1) is 28.4. The average molecular weight is 620 g/mol. The van der Waals surface area contributed by atoms with Crippen LogP contribution in [0.2, 0.25) is 0 Å². The molecule has 11 nitrogen and oxygen atoms in total. The van der Waals surface area contributed by atoms with E-state index in [1.807, 2.05) is 42.5 Å². The molecule has 4 heterocycles. The lowest BCUT2D eigenvalue weighted by Crippen LogP contribution is -2.29. The van der Waals surface area contributed by atoms with Crippen LogP contribution in [0.3, 0.4) is 0 Å². The summed E-state index contributed by atoms with van der Waals surface area (Å²) in [7, 11) is 3.30. The standard InChI is InChI=1S/C33H29N7O4S/c1-43-22-11-10-21(27(15-22)44-2)17-40-13-12-24-28(18-40)45-33(36-24)39-30(41)23-8-5-9-25-29(23)37-32(35-25)38-31(42)26-14-19-6-3-4-7-20(19)16-34-26/h3-11,14-16H,12-13,17-18H2,1-2H3,(H,36,39,41)(H2,35,37,38,42). The summed E-state index contributed by atoms with van der Waals surface area (Å²) in [6, 6.07) is 20.6. The highest BCUT2D eigenvalue weighted by molar-refractivity contribution is 7.15. The maximum Gasteiger partial charge on any atom is 0.276 e. The van der Waals surface area contributed by atoms with E-state index in [1.165, 1.54) is 11.3 Å². The molecular formula is C33H29N7O4S. The summed E-state index contributed by atoms with van der Waals surface area (Å²) in [5.41, 5.74) is 3.77. The molecule has 0 atom stereocenters. The summed E-state index contributed by atoms with van der Waals surface area (Å²) in [4.78, 5) is 46.4. The van der Waals surface area contributed by atoms with Gasteiger partial charge in [-0.1, -0.05) is 36.4 Å². The highest BCUT2D eigenvalue weighted by Crippen LogP contribution is 2.32. The Kier molecular flexibility index (Phi) is 7.57. The molecule has 7 rings (SSSR count). The van der Waals surface area contributed by atoms with Gasteiger partial charge in [0, 0.05) is 54.1 Å². The monoisotopic (exact) mass is 619 g/mol. The molecule has 6 aromatic rings. The van der Waals surface area contributed by atoms with E-state index in [1.54, 1.807) is 44.7 Å². The maximum absolute atomic E-state index is 13.4. The van der Waals surface area contributed by atoms with E-state index >= 15 is 0 Å². The minimum atomic E-state index is -0.404. The number of nitrogens with zero attached hydrogens (tertiary/aromatic N) is 4. The minimum Gasteiger partial charge on any atom is -0.497 e. The molecule has 45 heavy (non-hydrogen) atoms. The number of nitrogens with one attached hydrogen (secondary N) is 3. The molecule has 2 amide bonds. The molecule has 0 saturated carbocycles. The number of carbonyl (C=O) groups is 2. The number of amides is 2. The molecule has 0 aliphatic carbocycles. The van der Waals surface area contributed by atoms with Gasteiger partial charge in [0.05, 0.1) is 31.0 Å². The average Bonchev–Trinajstić information content (AvgIpc) is 3.67. The Labute approximate surface area is 262 Å². The number of carbonyl (C=O) groups excluding carboxylic acids is 2. The first-order valence-corrected chi connectivity index (χ1v) is 15.2. The third kappa shape index (κ3) is 5.80. The number of H-pyrrole nitrogens is 1. The second kappa shape index (κ2) is 12.0. The van der Waals surface area contributed by atoms with Gasteiger partial charge in [-0.25, -0.2) is 9.97 Å². The van der Waals surface area contributed by atoms with Crippen LogP contribution in [0.15, 0.2) is 72.9 Å². The fourth-order valence-corrected chi connectivity index (χ4v) is 6.52. The SMILES string of the molecule is COc1ccc(CN2CCc3nc(NC(=O)c4cccc5[nH]c(NC(=O)c6cc7ccccc7cn6)nc45)sc3C2)c(OC)c1. The zero-order valence-corrected chi connectivity index (χ0v) is 25.4. The largest absolute Gasteiger partial charge is 0.497 e. The van der Waals surface area contributed by atoms with Crippen molar-refractivity contribution in [3.63, 3.8) is 0 Å². The summed E-state index contributed by atoms with van der Waals surface area (Å²) < 4.78 is 10.9. The van der Waals surface area contributed by atoms with Crippen molar-refractivity contribution in [2.24, 2.45) is 0 Å². The molecular weight excluding hydrogens is 590 g/mol. The van der Waals surface area contributed by atoms with E-state index in [4.69, 9.17) is 14.5 Å². The Morgan fingerprint density at radius 2 is 1.82 bits per heavy atom. The van der Waals surface area contributed by atoms with Gasteiger partial charge in [0.15, 0.2) is 5.13 Å². The summed E-state index contributed by atoms with van der Waals surface area (Å²) in [5.74, 6) is 1.04. The number of imidazole rings is 1. The molecule has 0 fully saturated rings. The zero-order valence-electron chi connectivity index (χ0n) is 24.6. The molecule has 1 aliphatic heterocycles. The molecule has 0 unspecified atom stereocenters. The number of thiazole rings is 1. The zero-order chi connectivity index (χ0) is 30.9. The van der Waals surface area contributed by atoms with Crippen LogP contribution in [0.5, 0.6) is 11.5 Å². The first-order valence-electron chi connectivity index (χ1n) is 14.4. The summed E-state index contributed by atoms with van der Waals surface area (Å²) in [6.07, 6.45) is 2.45. The molecule has 0 radical (unpaired) electrons. The van der Waals surface area contributed by atoms with Crippen LogP contribution >= 0.6 is 11.3 Å². The van der Waals surface area contributed by atoms with Crippen molar-refractivity contribution in [2.75, 3.05) is 31.4 Å². The maximum atomic E-state index is 13.4. The molecule has 0 bridgehead atoms. The molecule has 12 heteroatoms. The number of benzene rings is 3. The normalized spacial score (nSPS) is 13.0. The third-order valence-corrected chi connectivity index (χ3v) is 8.77. The highest BCUT2D eigenvalue weighted by Gasteiger charge is 2.24. The third-order valence-electron chi connectivity index (χ3n) is 7.77. The lowest BCUT2D eigenvalue weighted by atomic mass is 10.1. The van der Waals surface area contributed by atoms with Gasteiger partial charge in [0.25, 0.3) is 11.8 Å². The second-order valence-electron chi connectivity index (χ2n) is 10.6. The number of hydrogen-bond donors (Lipinski definition) is 3. The van der Waals surface area contributed by atoms with Crippen molar-refractivity contribution in [3.8, 4) is 11.5 Å². The summed E-state index contributed by atoms with van der Waals surface area (Å²) in [5, 5.41) is 8.12. The number of pyridine rings is 1. The molecule has 0 spiro atoms. The second-order valence-corrected chi connectivity index (χ2v) is 11.7. The van der Waals surface area contributed by atoms with E-state index in [0.29, 0.717) is 21.7 Å². The number of aromatic amines is 1. The predicted molar refractivity (Wildman–Crippen MR) is 173 cm³/mol. The van der Waals surface area contributed by atoms with Crippen LogP contribution in [-0.2, 0) is 19.5 Å². The number of hydrogen-bond acceptors (Lipinski definition) is 9. The Balaban J connectivity index is 1.04. The van der Waals surface area contributed by atoms with Gasteiger partial charge in [0.1, 0.15) is 22.7 Å². The molecule has 3 aromatic heterocycles. The smallest absolute Gasteiger partial charge is 0.276 e. The van der Waals surface area contributed by atoms with Crippen LogP contribution in [0.25, 0.3) is 21.8 Å². The number of rotatable bonds is 8. The number of para-hydroxylation sites is 1. The van der Waals surface area contributed by atoms with E-state index in [2.05, 4.69) is 30.5 Å². The lowest BCUT2D eigenvalue weighted by molar-refractivity contribution is 0.101. The number of methoxy groups -OCH3 is 2. The number of fused-ring (bicyclic) bond motifs is 3. The van der Waals surface area contributed by atoms with Crippen molar-refractivity contribution in [3.05, 3.63) is 100 Å². The van der Waals surface area contributed by atoms with E-state index in [-0.39, 0.29) is 17.5 Å². The minimum absolute atomic E-state index is 0.225. The van der Waals surface area contributed by atoms with E-state index in [0.717, 1.165) is 64.5 Å². The van der Waals surface area contributed by atoms with Crippen molar-refractivity contribution >= 4 is 56.0 Å². The van der Waals surface area contributed by atoms with Gasteiger partial charge in [-0.05, 0) is 29.7 Å². The first-order chi connectivity index (χ1) is 22.0. The van der Waals surface area contributed by atoms with Crippen LogP contribution in [0.4, 0.5) is 11.1 Å². The Hall–Kier alpha value is -5.33. The van der Waals surface area contributed by atoms with Crippen LogP contribution in [-0.4, -0.2) is 57.4 Å². The fraction of sp³-hybridized carbons (Fsp3) is 0.182. The summed E-state index contributed by atoms with van der Waals surface area (Å²) in [6.45, 7) is 2.29. The molecule has 3 aromatic carbocycles. The van der Waals surface area contributed by atoms with Crippen molar-refractivity contribution in [1.29, 1.82) is 0 Å². The quantitative estimate of drug-likeness (QED) is 0.199. The van der Waals surface area contributed by atoms with Crippen LogP contribution in [0, 0.1) is 0 Å². The fourth-order valence-electron chi connectivity index (χ4n) is 5.48. The highest BCUT2D eigenvalue weighted by atomic mass is 32.1. The van der Waals surface area contributed by atoms with Gasteiger partial charge in [-0.3, -0.25) is 30.1 Å². The van der Waals surface area contributed by atoms with Gasteiger partial charge >= 0.3 is 0 Å². The predicted octanol–water partition coefficient (Wildman–Crippen LogP) is 5.65. The van der Waals surface area contributed by atoms with Crippen molar-refractivity contribution in [1.82, 2.24) is 24.8 Å². The number of ether oxygens (including phenoxy) is 2. The molecule has 3 N–H and O–H groups in total. The van der Waals surface area contributed by atoms with Crippen molar-refractivity contribution in [2.45, 2.75) is 19.5 Å². The topological polar surface area (TPSA) is 134 Å². The molecule has 0 saturated heterocycles. The van der Waals surface area contributed by atoms with E-state index in [9.17, 15) is 9.59 Å². The van der Waals surface area contributed by atoms with Gasteiger partial charge in [-0.2, -0.15) is 0 Å². The van der Waals surface area contributed by atoms with Gasteiger partial charge < -0.3 is 14.5 Å². The number of anilines is 2. The summed E-state index contributed by atoms with van der Waals surface area (Å²) >= 11 is 1.48. The Morgan fingerprint density at radius 3 is 2.67 bits per heavy atom. The molecule has 1 aliphatic rings. The van der Waals surface area contributed by atoms with Crippen molar-refractivity contribution < 1.29 is 19.1 Å².